The molecule has 0 atom stereocenters. The molecule has 0 aliphatic carbocycles. The summed E-state index contributed by atoms with van der Waals surface area (Å²) in [6.07, 6.45) is 1.54. The Morgan fingerprint density at radius 1 is 1.00 bits per heavy atom. The fraction of sp³-hybridized carbons (Fsp3) is 0.143. The molecule has 0 unspecified atom stereocenters. The van der Waals surface area contributed by atoms with E-state index in [1.165, 1.54) is 6.20 Å². The fourth-order valence-electron chi connectivity index (χ4n) is 2.53. The summed E-state index contributed by atoms with van der Waals surface area (Å²) in [5, 5.41) is 6.06. The third-order valence-corrected chi connectivity index (χ3v) is 4.00. The first-order valence-corrected chi connectivity index (χ1v) is 8.47. The lowest BCUT2D eigenvalue weighted by Gasteiger charge is -2.12. The Morgan fingerprint density at radius 3 is 2.48 bits per heavy atom. The van der Waals surface area contributed by atoms with Gasteiger partial charge in [0.2, 0.25) is 0 Å². The van der Waals surface area contributed by atoms with Crippen LogP contribution in [-0.2, 0) is 6.54 Å². The van der Waals surface area contributed by atoms with Gasteiger partial charge in [0.05, 0.1) is 25.5 Å². The summed E-state index contributed by atoms with van der Waals surface area (Å²) >= 11 is 0. The maximum Gasteiger partial charge on any atom is 0.257 e. The first-order valence-electron chi connectivity index (χ1n) is 8.47. The smallest absolute Gasteiger partial charge is 0.257 e. The van der Waals surface area contributed by atoms with E-state index in [1.54, 1.807) is 44.6 Å². The number of hydrogen-bond acceptors (Lipinski definition) is 5. The van der Waals surface area contributed by atoms with E-state index in [0.717, 1.165) is 5.56 Å². The number of benzene rings is 2. The van der Waals surface area contributed by atoms with E-state index in [9.17, 15) is 4.79 Å². The van der Waals surface area contributed by atoms with Gasteiger partial charge in [-0.3, -0.25) is 4.79 Å². The molecule has 0 spiro atoms. The van der Waals surface area contributed by atoms with Crippen LogP contribution in [0.2, 0.25) is 0 Å². The molecular formula is C21H21N3O3. The zero-order chi connectivity index (χ0) is 19.1. The van der Waals surface area contributed by atoms with Crippen LogP contribution in [0, 0.1) is 0 Å². The quantitative estimate of drug-likeness (QED) is 0.665. The van der Waals surface area contributed by atoms with Crippen molar-refractivity contribution in [3.63, 3.8) is 0 Å². The Morgan fingerprint density at radius 2 is 1.81 bits per heavy atom. The maximum absolute atomic E-state index is 12.5. The van der Waals surface area contributed by atoms with Crippen molar-refractivity contribution in [3.05, 3.63) is 78.0 Å². The highest BCUT2D eigenvalue weighted by atomic mass is 16.5. The lowest BCUT2D eigenvalue weighted by molar-refractivity contribution is 0.102. The molecule has 1 amide bonds. The van der Waals surface area contributed by atoms with Crippen molar-refractivity contribution in [2.24, 2.45) is 0 Å². The number of aromatic nitrogens is 1. The Hall–Kier alpha value is -3.54. The van der Waals surface area contributed by atoms with Gasteiger partial charge in [0.15, 0.2) is 0 Å². The van der Waals surface area contributed by atoms with E-state index >= 15 is 0 Å². The van der Waals surface area contributed by atoms with E-state index in [2.05, 4.69) is 15.6 Å². The molecule has 0 saturated carbocycles. The van der Waals surface area contributed by atoms with Gasteiger partial charge in [0.1, 0.15) is 17.3 Å². The Kier molecular flexibility index (Phi) is 5.89. The monoisotopic (exact) mass is 363 g/mol. The zero-order valence-corrected chi connectivity index (χ0v) is 15.2. The molecule has 1 aromatic heterocycles. The van der Waals surface area contributed by atoms with Crippen molar-refractivity contribution in [2.45, 2.75) is 6.54 Å². The summed E-state index contributed by atoms with van der Waals surface area (Å²) in [7, 11) is 3.12. The SMILES string of the molecule is COc1ccc(OC)c(NC(=O)c2ccc(NCc3ccccc3)nc2)c1. The number of nitrogens with zero attached hydrogens (tertiary/aromatic N) is 1. The maximum atomic E-state index is 12.5. The van der Waals surface area contributed by atoms with Crippen molar-refractivity contribution in [2.75, 3.05) is 24.9 Å². The zero-order valence-electron chi connectivity index (χ0n) is 15.2. The van der Waals surface area contributed by atoms with Gasteiger partial charge in [-0.15, -0.1) is 0 Å². The van der Waals surface area contributed by atoms with Crippen molar-refractivity contribution >= 4 is 17.4 Å². The summed E-state index contributed by atoms with van der Waals surface area (Å²) in [4.78, 5) is 16.8. The first kappa shape index (κ1) is 18.3. The molecular weight excluding hydrogens is 342 g/mol. The minimum Gasteiger partial charge on any atom is -0.497 e. The van der Waals surface area contributed by atoms with Gasteiger partial charge in [-0.05, 0) is 29.8 Å². The lowest BCUT2D eigenvalue weighted by atomic mass is 10.2. The minimum atomic E-state index is -0.274. The number of rotatable bonds is 7. The van der Waals surface area contributed by atoms with Crippen molar-refractivity contribution in [1.82, 2.24) is 4.98 Å². The van der Waals surface area contributed by atoms with Crippen LogP contribution in [0.5, 0.6) is 11.5 Å². The summed E-state index contributed by atoms with van der Waals surface area (Å²) in [6.45, 7) is 0.667. The third kappa shape index (κ3) is 4.76. The minimum absolute atomic E-state index is 0.274. The highest BCUT2D eigenvalue weighted by Gasteiger charge is 2.11. The molecule has 27 heavy (non-hydrogen) atoms. The van der Waals surface area contributed by atoms with Gasteiger partial charge in [-0.1, -0.05) is 30.3 Å². The predicted molar refractivity (Wildman–Crippen MR) is 106 cm³/mol. The standard InChI is InChI=1S/C21H21N3O3/c1-26-17-9-10-19(27-2)18(12-17)24-21(25)16-8-11-20(23-14-16)22-13-15-6-4-3-5-7-15/h3-12,14H,13H2,1-2H3,(H,22,23)(H,24,25). The second-order valence-electron chi connectivity index (χ2n) is 5.79. The molecule has 0 fully saturated rings. The van der Waals surface area contributed by atoms with Gasteiger partial charge in [-0.25, -0.2) is 4.98 Å². The number of nitrogens with one attached hydrogen (secondary N) is 2. The third-order valence-electron chi connectivity index (χ3n) is 4.00. The van der Waals surface area contributed by atoms with Crippen LogP contribution in [0.3, 0.4) is 0 Å². The molecule has 138 valence electrons. The molecule has 3 aromatic rings. The normalized spacial score (nSPS) is 10.1. The van der Waals surface area contributed by atoms with Crippen LogP contribution in [0.25, 0.3) is 0 Å². The number of methoxy groups -OCH3 is 2. The van der Waals surface area contributed by atoms with E-state index in [-0.39, 0.29) is 5.91 Å². The number of carbonyl (C=O) groups excluding carboxylic acids is 1. The van der Waals surface area contributed by atoms with Crippen molar-refractivity contribution in [1.29, 1.82) is 0 Å². The molecule has 1 heterocycles. The Labute approximate surface area is 158 Å². The molecule has 2 N–H and O–H groups in total. The van der Waals surface area contributed by atoms with Crippen LogP contribution in [0.1, 0.15) is 15.9 Å². The van der Waals surface area contributed by atoms with Crippen LogP contribution >= 0.6 is 0 Å². The van der Waals surface area contributed by atoms with Gasteiger partial charge in [0, 0.05) is 18.8 Å². The van der Waals surface area contributed by atoms with Crippen molar-refractivity contribution in [3.8, 4) is 11.5 Å². The summed E-state index contributed by atoms with van der Waals surface area (Å²) in [6, 6.07) is 18.8. The second-order valence-corrected chi connectivity index (χ2v) is 5.79. The summed E-state index contributed by atoms with van der Waals surface area (Å²) in [5.41, 5.74) is 2.14. The molecule has 6 nitrogen and oxygen atoms in total. The molecule has 0 radical (unpaired) electrons. The van der Waals surface area contributed by atoms with Gasteiger partial charge in [0.25, 0.3) is 5.91 Å². The molecule has 0 aliphatic heterocycles. The largest absolute Gasteiger partial charge is 0.497 e. The van der Waals surface area contributed by atoms with E-state index in [4.69, 9.17) is 9.47 Å². The lowest BCUT2D eigenvalue weighted by Crippen LogP contribution is -2.13. The average molecular weight is 363 g/mol. The molecule has 0 aliphatic rings. The summed E-state index contributed by atoms with van der Waals surface area (Å²) < 4.78 is 10.5. The predicted octanol–water partition coefficient (Wildman–Crippen LogP) is 3.96. The fourth-order valence-corrected chi connectivity index (χ4v) is 2.53. The molecule has 3 rings (SSSR count). The van der Waals surface area contributed by atoms with Crippen LogP contribution in [0.4, 0.5) is 11.5 Å². The van der Waals surface area contributed by atoms with Gasteiger partial charge >= 0.3 is 0 Å². The van der Waals surface area contributed by atoms with E-state index in [0.29, 0.717) is 35.1 Å². The van der Waals surface area contributed by atoms with E-state index in [1.807, 2.05) is 30.3 Å². The van der Waals surface area contributed by atoms with Crippen molar-refractivity contribution < 1.29 is 14.3 Å². The highest BCUT2D eigenvalue weighted by molar-refractivity contribution is 6.05. The van der Waals surface area contributed by atoms with Crippen LogP contribution in [-0.4, -0.2) is 25.1 Å². The average Bonchev–Trinajstić information content (AvgIpc) is 2.73. The number of carbonyl (C=O) groups is 1. The Bertz CT molecular complexity index is 896. The number of ether oxygens (including phenoxy) is 2. The number of anilines is 2. The number of hydrogen-bond donors (Lipinski definition) is 2. The van der Waals surface area contributed by atoms with Gasteiger partial charge < -0.3 is 20.1 Å². The number of amides is 1. The molecule has 2 aromatic carbocycles. The number of pyridine rings is 1. The second kappa shape index (κ2) is 8.71. The highest BCUT2D eigenvalue weighted by Crippen LogP contribution is 2.29. The van der Waals surface area contributed by atoms with Gasteiger partial charge in [-0.2, -0.15) is 0 Å². The molecule has 0 saturated heterocycles. The molecule has 0 bridgehead atoms. The van der Waals surface area contributed by atoms with Crippen LogP contribution in [0.15, 0.2) is 66.9 Å². The first-order chi connectivity index (χ1) is 13.2. The Balaban J connectivity index is 1.65. The molecule has 6 heteroatoms. The van der Waals surface area contributed by atoms with Crippen LogP contribution < -0.4 is 20.1 Å². The summed E-state index contributed by atoms with van der Waals surface area (Å²) in [5.74, 6) is 1.61. The topological polar surface area (TPSA) is 72.5 Å². The van der Waals surface area contributed by atoms with E-state index < -0.39 is 0 Å².